The van der Waals surface area contributed by atoms with Crippen LogP contribution in [0.25, 0.3) is 0 Å². The predicted octanol–water partition coefficient (Wildman–Crippen LogP) is 3.63. The zero-order valence-corrected chi connectivity index (χ0v) is 13.2. The van der Waals surface area contributed by atoms with E-state index in [1.165, 1.54) is 17.6 Å². The summed E-state index contributed by atoms with van der Waals surface area (Å²) in [6.45, 7) is 4.26. The van der Waals surface area contributed by atoms with Crippen LogP contribution in [0.5, 0.6) is 0 Å². The maximum Gasteiger partial charge on any atom is 0.123 e. The van der Waals surface area contributed by atoms with Crippen molar-refractivity contribution < 1.29 is 4.39 Å². The number of rotatable bonds is 4. The minimum Gasteiger partial charge on any atom is -0.326 e. The molecule has 1 heterocycles. The van der Waals surface area contributed by atoms with Gasteiger partial charge in [-0.05, 0) is 43.0 Å². The fraction of sp³-hybridized carbons (Fsp3) is 0.600. The molecule has 1 saturated heterocycles. The molecule has 0 saturated carbocycles. The van der Waals surface area contributed by atoms with Crippen molar-refractivity contribution in [2.75, 3.05) is 11.5 Å². The van der Waals surface area contributed by atoms with Crippen molar-refractivity contribution >= 4 is 23.5 Å². The largest absolute Gasteiger partial charge is 0.326 e. The molecule has 1 aromatic rings. The van der Waals surface area contributed by atoms with Gasteiger partial charge in [0.25, 0.3) is 0 Å². The first-order chi connectivity index (χ1) is 9.11. The highest BCUT2D eigenvalue weighted by Gasteiger charge is 2.30. The lowest BCUT2D eigenvalue weighted by Crippen LogP contribution is -2.43. The third-order valence-corrected chi connectivity index (χ3v) is 7.11. The van der Waals surface area contributed by atoms with E-state index in [-0.39, 0.29) is 11.9 Å². The van der Waals surface area contributed by atoms with E-state index in [2.05, 4.69) is 6.92 Å². The van der Waals surface area contributed by atoms with Crippen molar-refractivity contribution in [3.63, 3.8) is 0 Å². The van der Waals surface area contributed by atoms with Crippen LogP contribution in [-0.4, -0.2) is 28.0 Å². The van der Waals surface area contributed by atoms with Gasteiger partial charge in [-0.1, -0.05) is 13.0 Å². The number of hydrogen-bond acceptors (Lipinski definition) is 3. The Morgan fingerprint density at radius 2 is 2.11 bits per heavy atom. The minimum atomic E-state index is -0.162. The molecule has 3 unspecified atom stereocenters. The molecule has 0 amide bonds. The average molecular weight is 299 g/mol. The van der Waals surface area contributed by atoms with Crippen molar-refractivity contribution in [1.82, 2.24) is 0 Å². The highest BCUT2D eigenvalue weighted by atomic mass is 32.2. The maximum absolute atomic E-state index is 13.3. The van der Waals surface area contributed by atoms with E-state index < -0.39 is 0 Å². The zero-order chi connectivity index (χ0) is 13.8. The Morgan fingerprint density at radius 3 is 2.84 bits per heavy atom. The van der Waals surface area contributed by atoms with E-state index in [1.54, 1.807) is 6.07 Å². The molecule has 106 valence electrons. The van der Waals surface area contributed by atoms with Crippen LogP contribution in [0, 0.1) is 12.7 Å². The minimum absolute atomic E-state index is 0.114. The fourth-order valence-corrected chi connectivity index (χ4v) is 5.76. The highest BCUT2D eigenvalue weighted by Crippen LogP contribution is 2.35. The van der Waals surface area contributed by atoms with E-state index in [9.17, 15) is 4.39 Å². The van der Waals surface area contributed by atoms with Crippen molar-refractivity contribution in [2.45, 2.75) is 43.2 Å². The summed E-state index contributed by atoms with van der Waals surface area (Å²) in [5, 5.41) is 1.13. The van der Waals surface area contributed by atoms with Gasteiger partial charge in [-0.2, -0.15) is 23.5 Å². The molecule has 0 aromatic heterocycles. The summed E-state index contributed by atoms with van der Waals surface area (Å²) in [5.74, 6) is 2.25. The molecule has 19 heavy (non-hydrogen) atoms. The number of aryl methyl sites for hydroxylation is 1. The summed E-state index contributed by atoms with van der Waals surface area (Å²) in [5.41, 5.74) is 8.60. The van der Waals surface area contributed by atoms with E-state index >= 15 is 0 Å². The lowest BCUT2D eigenvalue weighted by molar-refractivity contribution is 0.588. The fourth-order valence-electron chi connectivity index (χ4n) is 2.57. The van der Waals surface area contributed by atoms with Crippen LogP contribution in [0.2, 0.25) is 0 Å². The number of benzene rings is 1. The Morgan fingerprint density at radius 1 is 1.37 bits per heavy atom. The van der Waals surface area contributed by atoms with Crippen LogP contribution in [0.3, 0.4) is 0 Å². The quantitative estimate of drug-likeness (QED) is 0.919. The van der Waals surface area contributed by atoms with E-state index in [4.69, 9.17) is 5.73 Å². The standard InChI is InChI=1S/C15H22FNS2/c1-3-14-15(19-7-6-18-14)13(17)9-11-8-12(16)5-4-10(11)2/h4-5,8,13-15H,3,6-7,9,17H2,1-2H3. The second kappa shape index (κ2) is 7.00. The number of nitrogens with two attached hydrogens (primary N) is 1. The topological polar surface area (TPSA) is 26.0 Å². The summed E-state index contributed by atoms with van der Waals surface area (Å²) in [7, 11) is 0. The van der Waals surface area contributed by atoms with E-state index in [1.807, 2.05) is 36.5 Å². The molecule has 1 fully saturated rings. The maximum atomic E-state index is 13.3. The smallest absolute Gasteiger partial charge is 0.123 e. The first-order valence-corrected chi connectivity index (χ1v) is 8.95. The second-order valence-corrected chi connectivity index (χ2v) is 7.72. The summed E-state index contributed by atoms with van der Waals surface area (Å²) >= 11 is 4.04. The van der Waals surface area contributed by atoms with Gasteiger partial charge in [0, 0.05) is 28.0 Å². The Hall–Kier alpha value is -0.190. The van der Waals surface area contributed by atoms with Gasteiger partial charge in [0.15, 0.2) is 0 Å². The third kappa shape index (κ3) is 3.89. The summed E-state index contributed by atoms with van der Waals surface area (Å²) in [6, 6.07) is 5.11. The van der Waals surface area contributed by atoms with Crippen LogP contribution in [-0.2, 0) is 6.42 Å². The molecular formula is C15H22FNS2. The Balaban J connectivity index is 2.06. The summed E-state index contributed by atoms with van der Waals surface area (Å²) in [6.07, 6.45) is 1.94. The molecule has 2 rings (SSSR count). The predicted molar refractivity (Wildman–Crippen MR) is 85.6 cm³/mol. The van der Waals surface area contributed by atoms with Crippen molar-refractivity contribution in [3.8, 4) is 0 Å². The lowest BCUT2D eigenvalue weighted by Gasteiger charge is -2.34. The summed E-state index contributed by atoms with van der Waals surface area (Å²) < 4.78 is 13.3. The third-order valence-electron chi connectivity index (χ3n) is 3.68. The SMILES string of the molecule is CCC1SCCSC1C(N)Cc1cc(F)ccc1C. The Bertz CT molecular complexity index is 425. The van der Waals surface area contributed by atoms with E-state index in [0.717, 1.165) is 24.0 Å². The first kappa shape index (κ1) is 15.2. The van der Waals surface area contributed by atoms with Gasteiger partial charge in [-0.15, -0.1) is 0 Å². The molecule has 1 aliphatic heterocycles. The number of hydrogen-bond donors (Lipinski definition) is 1. The van der Waals surface area contributed by atoms with Gasteiger partial charge in [0.1, 0.15) is 5.82 Å². The van der Waals surface area contributed by atoms with Crippen molar-refractivity contribution in [2.24, 2.45) is 5.73 Å². The molecule has 1 aliphatic rings. The van der Waals surface area contributed by atoms with Gasteiger partial charge in [0.2, 0.25) is 0 Å². The highest BCUT2D eigenvalue weighted by molar-refractivity contribution is 8.07. The number of thioether (sulfide) groups is 2. The lowest BCUT2D eigenvalue weighted by atomic mass is 9.97. The molecule has 4 heteroatoms. The molecule has 2 N–H and O–H groups in total. The van der Waals surface area contributed by atoms with Crippen molar-refractivity contribution in [3.05, 3.63) is 35.1 Å². The van der Waals surface area contributed by atoms with Gasteiger partial charge >= 0.3 is 0 Å². The molecule has 1 nitrogen and oxygen atoms in total. The van der Waals surface area contributed by atoms with Gasteiger partial charge in [-0.3, -0.25) is 0 Å². The molecule has 0 bridgehead atoms. The Labute approximate surface area is 123 Å². The normalized spacial score (nSPS) is 25.3. The summed E-state index contributed by atoms with van der Waals surface area (Å²) in [4.78, 5) is 0. The van der Waals surface area contributed by atoms with Crippen LogP contribution in [0.15, 0.2) is 18.2 Å². The van der Waals surface area contributed by atoms with Gasteiger partial charge in [0.05, 0.1) is 0 Å². The molecule has 0 spiro atoms. The van der Waals surface area contributed by atoms with Crippen LogP contribution in [0.1, 0.15) is 24.5 Å². The van der Waals surface area contributed by atoms with Crippen LogP contribution >= 0.6 is 23.5 Å². The van der Waals surface area contributed by atoms with Crippen LogP contribution in [0.4, 0.5) is 4.39 Å². The molecule has 1 aromatic carbocycles. The van der Waals surface area contributed by atoms with Crippen LogP contribution < -0.4 is 5.73 Å². The van der Waals surface area contributed by atoms with E-state index in [0.29, 0.717) is 10.5 Å². The van der Waals surface area contributed by atoms with Gasteiger partial charge in [-0.25, -0.2) is 4.39 Å². The van der Waals surface area contributed by atoms with Gasteiger partial charge < -0.3 is 5.73 Å². The molecule has 0 aliphatic carbocycles. The monoisotopic (exact) mass is 299 g/mol. The first-order valence-electron chi connectivity index (χ1n) is 6.85. The zero-order valence-electron chi connectivity index (χ0n) is 11.6. The molecule has 3 atom stereocenters. The molecular weight excluding hydrogens is 277 g/mol. The molecule has 0 radical (unpaired) electrons. The van der Waals surface area contributed by atoms with Crippen molar-refractivity contribution in [1.29, 1.82) is 0 Å². The second-order valence-electron chi connectivity index (χ2n) is 5.09. The number of halogens is 1. The Kier molecular flexibility index (Phi) is 5.60. The average Bonchev–Trinajstić information content (AvgIpc) is 2.42.